The number of fused-ring (bicyclic) bond motifs is 1. The van der Waals surface area contributed by atoms with Crippen molar-refractivity contribution >= 4 is 16.9 Å². The highest BCUT2D eigenvalue weighted by Gasteiger charge is 2.11. The average Bonchev–Trinajstić information content (AvgIpc) is 2.63. The van der Waals surface area contributed by atoms with E-state index in [4.69, 9.17) is 4.74 Å². The highest BCUT2D eigenvalue weighted by atomic mass is 16.5. The minimum absolute atomic E-state index is 0.137. The molecule has 0 radical (unpaired) electrons. The van der Waals surface area contributed by atoms with Crippen molar-refractivity contribution in [2.75, 3.05) is 19.0 Å². The van der Waals surface area contributed by atoms with Gasteiger partial charge in [-0.2, -0.15) is 0 Å². The Morgan fingerprint density at radius 1 is 1.24 bits per heavy atom. The first-order valence-electron chi connectivity index (χ1n) is 8.12. The largest absolute Gasteiger partial charge is 0.496 e. The quantitative estimate of drug-likeness (QED) is 0.721. The molecule has 2 N–H and O–H groups in total. The SMILES string of the molecule is COc1ccc(C)cc1CNc1nc2ccccc2c(=O)n1CCO. The van der Waals surface area contributed by atoms with E-state index in [1.807, 2.05) is 31.2 Å². The van der Waals surface area contributed by atoms with E-state index in [0.717, 1.165) is 16.9 Å². The van der Waals surface area contributed by atoms with Gasteiger partial charge in [0.25, 0.3) is 5.56 Å². The molecular weight excluding hydrogens is 318 g/mol. The van der Waals surface area contributed by atoms with Crippen molar-refractivity contribution < 1.29 is 9.84 Å². The van der Waals surface area contributed by atoms with Crippen molar-refractivity contribution in [2.45, 2.75) is 20.0 Å². The van der Waals surface area contributed by atoms with Crippen LogP contribution >= 0.6 is 0 Å². The lowest BCUT2D eigenvalue weighted by atomic mass is 10.1. The van der Waals surface area contributed by atoms with E-state index in [9.17, 15) is 9.90 Å². The van der Waals surface area contributed by atoms with E-state index in [0.29, 0.717) is 23.4 Å². The Morgan fingerprint density at radius 3 is 2.80 bits per heavy atom. The summed E-state index contributed by atoms with van der Waals surface area (Å²) in [5, 5.41) is 13.1. The molecule has 1 aromatic heterocycles. The van der Waals surface area contributed by atoms with E-state index in [-0.39, 0.29) is 18.7 Å². The van der Waals surface area contributed by atoms with Crippen LogP contribution in [-0.4, -0.2) is 28.4 Å². The number of benzene rings is 2. The second-order valence-corrected chi connectivity index (χ2v) is 5.80. The molecule has 0 aliphatic heterocycles. The molecule has 0 saturated carbocycles. The summed E-state index contributed by atoms with van der Waals surface area (Å²) >= 11 is 0. The number of aryl methyl sites for hydroxylation is 1. The van der Waals surface area contributed by atoms with Gasteiger partial charge in [0.05, 0.1) is 31.2 Å². The molecule has 6 heteroatoms. The van der Waals surface area contributed by atoms with Crippen molar-refractivity contribution in [2.24, 2.45) is 0 Å². The van der Waals surface area contributed by atoms with Gasteiger partial charge in [-0.3, -0.25) is 9.36 Å². The molecule has 0 saturated heterocycles. The molecule has 0 bridgehead atoms. The third-order valence-corrected chi connectivity index (χ3v) is 4.06. The Kier molecular flexibility index (Phi) is 5.00. The number of ether oxygens (including phenoxy) is 1. The molecule has 0 unspecified atom stereocenters. The lowest BCUT2D eigenvalue weighted by Gasteiger charge is -2.15. The fourth-order valence-corrected chi connectivity index (χ4v) is 2.83. The number of hydrogen-bond donors (Lipinski definition) is 2. The molecule has 3 rings (SSSR count). The molecule has 0 aliphatic rings. The highest BCUT2D eigenvalue weighted by Crippen LogP contribution is 2.21. The first-order valence-corrected chi connectivity index (χ1v) is 8.12. The van der Waals surface area contributed by atoms with Crippen LogP contribution in [0.1, 0.15) is 11.1 Å². The van der Waals surface area contributed by atoms with Crippen LogP contribution in [0.4, 0.5) is 5.95 Å². The number of anilines is 1. The number of rotatable bonds is 6. The summed E-state index contributed by atoms with van der Waals surface area (Å²) in [5.41, 5.74) is 2.55. The number of aliphatic hydroxyl groups is 1. The van der Waals surface area contributed by atoms with E-state index in [2.05, 4.69) is 10.3 Å². The molecule has 6 nitrogen and oxygen atoms in total. The lowest BCUT2D eigenvalue weighted by Crippen LogP contribution is -2.26. The molecule has 0 fully saturated rings. The number of nitrogens with zero attached hydrogens (tertiary/aromatic N) is 2. The molecule has 130 valence electrons. The van der Waals surface area contributed by atoms with Gasteiger partial charge in [0.2, 0.25) is 5.95 Å². The second kappa shape index (κ2) is 7.36. The first-order chi connectivity index (χ1) is 12.1. The Morgan fingerprint density at radius 2 is 2.04 bits per heavy atom. The summed E-state index contributed by atoms with van der Waals surface area (Å²) < 4.78 is 6.85. The van der Waals surface area contributed by atoms with E-state index in [1.165, 1.54) is 4.57 Å². The zero-order valence-electron chi connectivity index (χ0n) is 14.3. The van der Waals surface area contributed by atoms with E-state index >= 15 is 0 Å². The molecule has 1 heterocycles. The van der Waals surface area contributed by atoms with Gasteiger partial charge in [-0.05, 0) is 25.1 Å². The Labute approximate surface area is 145 Å². The molecule has 0 aliphatic carbocycles. The van der Waals surface area contributed by atoms with Crippen LogP contribution in [0.3, 0.4) is 0 Å². The number of aromatic nitrogens is 2. The van der Waals surface area contributed by atoms with Crippen LogP contribution in [0.15, 0.2) is 47.3 Å². The monoisotopic (exact) mass is 339 g/mol. The molecule has 25 heavy (non-hydrogen) atoms. The zero-order valence-corrected chi connectivity index (χ0v) is 14.3. The summed E-state index contributed by atoms with van der Waals surface area (Å²) in [6.45, 7) is 2.52. The molecule has 3 aromatic rings. The number of methoxy groups -OCH3 is 1. The van der Waals surface area contributed by atoms with Gasteiger partial charge >= 0.3 is 0 Å². The number of aliphatic hydroxyl groups excluding tert-OH is 1. The predicted molar refractivity (Wildman–Crippen MR) is 98.1 cm³/mol. The van der Waals surface area contributed by atoms with Crippen LogP contribution in [0.2, 0.25) is 0 Å². The molecular formula is C19H21N3O3. The molecule has 0 amide bonds. The minimum Gasteiger partial charge on any atom is -0.496 e. The fraction of sp³-hybridized carbons (Fsp3) is 0.263. The topological polar surface area (TPSA) is 76.4 Å². The summed E-state index contributed by atoms with van der Waals surface area (Å²) in [7, 11) is 1.63. The number of hydrogen-bond acceptors (Lipinski definition) is 5. The maximum absolute atomic E-state index is 12.7. The Bertz CT molecular complexity index is 950. The zero-order chi connectivity index (χ0) is 17.8. The van der Waals surface area contributed by atoms with Gasteiger partial charge in [-0.1, -0.05) is 29.8 Å². The lowest BCUT2D eigenvalue weighted by molar-refractivity contribution is 0.275. The van der Waals surface area contributed by atoms with Crippen molar-refractivity contribution in [3.8, 4) is 5.75 Å². The van der Waals surface area contributed by atoms with Gasteiger partial charge in [0.15, 0.2) is 0 Å². The second-order valence-electron chi connectivity index (χ2n) is 5.80. The van der Waals surface area contributed by atoms with Crippen LogP contribution in [0, 0.1) is 6.92 Å². The van der Waals surface area contributed by atoms with Gasteiger partial charge in [0.1, 0.15) is 5.75 Å². The van der Waals surface area contributed by atoms with Crippen molar-refractivity contribution in [1.82, 2.24) is 9.55 Å². The fourth-order valence-electron chi connectivity index (χ4n) is 2.83. The smallest absolute Gasteiger partial charge is 0.262 e. The predicted octanol–water partition coefficient (Wildman–Crippen LogP) is 2.32. The van der Waals surface area contributed by atoms with E-state index < -0.39 is 0 Å². The third-order valence-electron chi connectivity index (χ3n) is 4.06. The molecule has 0 atom stereocenters. The molecule has 2 aromatic carbocycles. The molecule has 0 spiro atoms. The Hall–Kier alpha value is -2.86. The van der Waals surface area contributed by atoms with Crippen LogP contribution in [0.25, 0.3) is 10.9 Å². The standard InChI is InChI=1S/C19H21N3O3/c1-13-7-8-17(25-2)14(11-13)12-20-19-21-16-6-4-3-5-15(16)18(24)22(19)9-10-23/h3-8,11,23H,9-10,12H2,1-2H3,(H,20,21). The first kappa shape index (κ1) is 17.0. The van der Waals surface area contributed by atoms with Gasteiger partial charge in [-0.15, -0.1) is 0 Å². The summed E-state index contributed by atoms with van der Waals surface area (Å²) in [6, 6.07) is 13.1. The maximum atomic E-state index is 12.7. The van der Waals surface area contributed by atoms with Crippen molar-refractivity contribution in [1.29, 1.82) is 0 Å². The maximum Gasteiger partial charge on any atom is 0.262 e. The van der Waals surface area contributed by atoms with Gasteiger partial charge in [-0.25, -0.2) is 4.98 Å². The van der Waals surface area contributed by atoms with Gasteiger partial charge < -0.3 is 15.2 Å². The number of nitrogens with one attached hydrogen (secondary N) is 1. The summed E-state index contributed by atoms with van der Waals surface area (Å²) in [4.78, 5) is 17.2. The average molecular weight is 339 g/mol. The third kappa shape index (κ3) is 3.49. The van der Waals surface area contributed by atoms with Crippen LogP contribution in [0.5, 0.6) is 5.75 Å². The summed E-state index contributed by atoms with van der Waals surface area (Å²) in [5.74, 6) is 1.20. The summed E-state index contributed by atoms with van der Waals surface area (Å²) in [6.07, 6.45) is 0. The van der Waals surface area contributed by atoms with Crippen molar-refractivity contribution in [3.63, 3.8) is 0 Å². The van der Waals surface area contributed by atoms with Crippen LogP contribution in [-0.2, 0) is 13.1 Å². The van der Waals surface area contributed by atoms with E-state index in [1.54, 1.807) is 25.3 Å². The van der Waals surface area contributed by atoms with Crippen molar-refractivity contribution in [3.05, 3.63) is 63.9 Å². The minimum atomic E-state index is -0.168. The van der Waals surface area contributed by atoms with Crippen LogP contribution < -0.4 is 15.6 Å². The Balaban J connectivity index is 1.99. The van der Waals surface area contributed by atoms with Gasteiger partial charge in [0, 0.05) is 12.1 Å². The normalized spacial score (nSPS) is 10.8. The highest BCUT2D eigenvalue weighted by molar-refractivity contribution is 5.78. The number of para-hydroxylation sites is 1.